The molecule has 1 unspecified atom stereocenters. The number of ether oxygens (including phenoxy) is 1. The third-order valence-electron chi connectivity index (χ3n) is 8.02. The molecule has 0 radical (unpaired) electrons. The summed E-state index contributed by atoms with van der Waals surface area (Å²) < 4.78 is 18.8. The van der Waals surface area contributed by atoms with E-state index in [-0.39, 0.29) is 36.0 Å². The number of aromatic nitrogens is 1. The molecule has 206 valence electrons. The number of nitrogens with one attached hydrogen (secondary N) is 1. The number of carbonyl (C=O) groups is 2. The maximum atomic E-state index is 14.1. The molecule has 5 rings (SSSR count). The SMILES string of the molecule is COC(=O)Cc1ccc(CC(C(=O)Nc2ccc(Cl)cc2)[C@H]2CC[C@@H](c3ccnc4ccc(F)cc43)CC2)cc1. The van der Waals surface area contributed by atoms with Crippen molar-refractivity contribution in [3.05, 3.63) is 107 Å². The lowest BCUT2D eigenvalue weighted by Crippen LogP contribution is -2.33. The second-order valence-electron chi connectivity index (χ2n) is 10.5. The zero-order chi connectivity index (χ0) is 28.1. The van der Waals surface area contributed by atoms with E-state index in [1.54, 1.807) is 30.5 Å². The van der Waals surface area contributed by atoms with Crippen LogP contribution in [0.4, 0.5) is 10.1 Å². The Morgan fingerprint density at radius 3 is 2.38 bits per heavy atom. The molecule has 0 bridgehead atoms. The Hall–Kier alpha value is -3.77. The number of hydrogen-bond acceptors (Lipinski definition) is 4. The first-order chi connectivity index (χ1) is 19.4. The van der Waals surface area contributed by atoms with Crippen molar-refractivity contribution >= 4 is 40.1 Å². The van der Waals surface area contributed by atoms with E-state index in [0.717, 1.165) is 53.3 Å². The van der Waals surface area contributed by atoms with Crippen LogP contribution < -0.4 is 5.32 Å². The maximum Gasteiger partial charge on any atom is 0.309 e. The molecule has 3 aromatic carbocycles. The van der Waals surface area contributed by atoms with Crippen LogP contribution in [0.5, 0.6) is 0 Å². The summed E-state index contributed by atoms with van der Waals surface area (Å²) in [5.74, 6) is -0.291. The Morgan fingerprint density at radius 2 is 1.68 bits per heavy atom. The van der Waals surface area contributed by atoms with E-state index in [0.29, 0.717) is 23.0 Å². The number of nitrogens with zero attached hydrogens (tertiary/aromatic N) is 1. The van der Waals surface area contributed by atoms with E-state index in [4.69, 9.17) is 16.3 Å². The van der Waals surface area contributed by atoms with Gasteiger partial charge in [-0.3, -0.25) is 14.6 Å². The van der Waals surface area contributed by atoms with E-state index < -0.39 is 0 Å². The third kappa shape index (κ3) is 6.68. The molecular weight excluding hydrogens is 527 g/mol. The van der Waals surface area contributed by atoms with Gasteiger partial charge in [-0.05, 0) is 109 Å². The Morgan fingerprint density at radius 1 is 0.975 bits per heavy atom. The molecule has 1 fully saturated rings. The van der Waals surface area contributed by atoms with Crippen molar-refractivity contribution in [2.45, 2.75) is 44.4 Å². The average molecular weight is 559 g/mol. The maximum absolute atomic E-state index is 14.1. The largest absolute Gasteiger partial charge is 0.469 e. The third-order valence-corrected chi connectivity index (χ3v) is 8.27. The summed E-state index contributed by atoms with van der Waals surface area (Å²) in [6, 6.07) is 21.7. The number of rotatable bonds is 8. The summed E-state index contributed by atoms with van der Waals surface area (Å²) >= 11 is 6.04. The monoisotopic (exact) mass is 558 g/mol. The van der Waals surface area contributed by atoms with Crippen molar-refractivity contribution in [2.75, 3.05) is 12.4 Å². The lowest BCUT2D eigenvalue weighted by atomic mass is 9.71. The second kappa shape index (κ2) is 12.6. The number of carbonyl (C=O) groups excluding carboxylic acids is 2. The topological polar surface area (TPSA) is 68.3 Å². The van der Waals surface area contributed by atoms with Crippen LogP contribution >= 0.6 is 11.6 Å². The molecule has 1 aliphatic carbocycles. The smallest absolute Gasteiger partial charge is 0.309 e. The van der Waals surface area contributed by atoms with E-state index in [9.17, 15) is 14.0 Å². The number of amides is 1. The van der Waals surface area contributed by atoms with Crippen LogP contribution in [-0.2, 0) is 27.2 Å². The van der Waals surface area contributed by atoms with E-state index in [1.165, 1.54) is 13.2 Å². The van der Waals surface area contributed by atoms with Gasteiger partial charge < -0.3 is 10.1 Å². The number of methoxy groups -OCH3 is 1. The fourth-order valence-electron chi connectivity index (χ4n) is 5.86. The van der Waals surface area contributed by atoms with Gasteiger partial charge in [0.05, 0.1) is 19.0 Å². The highest BCUT2D eigenvalue weighted by atomic mass is 35.5. The molecule has 1 atom stereocenters. The van der Waals surface area contributed by atoms with Gasteiger partial charge in [-0.25, -0.2) is 4.39 Å². The molecule has 1 heterocycles. The first-order valence-electron chi connectivity index (χ1n) is 13.6. The van der Waals surface area contributed by atoms with Gasteiger partial charge in [0.1, 0.15) is 5.82 Å². The summed E-state index contributed by atoms with van der Waals surface area (Å²) in [6.07, 6.45) is 6.23. The van der Waals surface area contributed by atoms with Crippen LogP contribution in [0.15, 0.2) is 79.0 Å². The normalized spacial score (nSPS) is 17.8. The molecule has 1 saturated carbocycles. The van der Waals surface area contributed by atoms with Crippen molar-refractivity contribution in [1.82, 2.24) is 4.98 Å². The van der Waals surface area contributed by atoms with E-state index in [1.807, 2.05) is 42.5 Å². The number of hydrogen-bond donors (Lipinski definition) is 1. The van der Waals surface area contributed by atoms with Gasteiger partial charge in [0, 0.05) is 28.2 Å². The van der Waals surface area contributed by atoms with Crippen molar-refractivity contribution in [3.8, 4) is 0 Å². The van der Waals surface area contributed by atoms with Gasteiger partial charge in [0.25, 0.3) is 0 Å². The number of halogens is 2. The number of esters is 1. The van der Waals surface area contributed by atoms with Gasteiger partial charge in [-0.15, -0.1) is 0 Å². The molecule has 0 spiro atoms. The lowest BCUT2D eigenvalue weighted by Gasteiger charge is -2.34. The minimum absolute atomic E-state index is 0.0131. The number of fused-ring (bicyclic) bond motifs is 1. The van der Waals surface area contributed by atoms with Crippen molar-refractivity contribution in [2.24, 2.45) is 11.8 Å². The zero-order valence-corrected chi connectivity index (χ0v) is 23.2. The molecule has 1 amide bonds. The van der Waals surface area contributed by atoms with Crippen molar-refractivity contribution in [1.29, 1.82) is 0 Å². The average Bonchev–Trinajstić information content (AvgIpc) is 2.97. The highest BCUT2D eigenvalue weighted by Crippen LogP contribution is 2.42. The van der Waals surface area contributed by atoms with Gasteiger partial charge >= 0.3 is 5.97 Å². The predicted molar refractivity (Wildman–Crippen MR) is 156 cm³/mol. The van der Waals surface area contributed by atoms with Gasteiger partial charge in [0.15, 0.2) is 0 Å². The molecule has 7 heteroatoms. The van der Waals surface area contributed by atoms with E-state index >= 15 is 0 Å². The van der Waals surface area contributed by atoms with Crippen molar-refractivity contribution in [3.63, 3.8) is 0 Å². The summed E-state index contributed by atoms with van der Waals surface area (Å²) in [5.41, 5.74) is 4.57. The molecule has 0 aliphatic heterocycles. The Kier molecular flexibility index (Phi) is 8.75. The van der Waals surface area contributed by atoms with Crippen LogP contribution in [0, 0.1) is 17.7 Å². The summed E-state index contributed by atoms with van der Waals surface area (Å²) in [5, 5.41) is 4.58. The van der Waals surface area contributed by atoms with Gasteiger partial charge in [-0.2, -0.15) is 0 Å². The van der Waals surface area contributed by atoms with Crippen LogP contribution in [0.3, 0.4) is 0 Å². The molecule has 40 heavy (non-hydrogen) atoms. The van der Waals surface area contributed by atoms with Crippen LogP contribution in [0.25, 0.3) is 10.9 Å². The molecule has 1 N–H and O–H groups in total. The lowest BCUT2D eigenvalue weighted by molar-refractivity contribution is -0.139. The summed E-state index contributed by atoms with van der Waals surface area (Å²) in [7, 11) is 1.38. The minimum atomic E-state index is -0.283. The fourth-order valence-corrected chi connectivity index (χ4v) is 5.98. The number of benzene rings is 3. The highest BCUT2D eigenvalue weighted by Gasteiger charge is 2.33. The van der Waals surface area contributed by atoms with Crippen LogP contribution in [0.2, 0.25) is 5.02 Å². The Balaban J connectivity index is 1.33. The van der Waals surface area contributed by atoms with E-state index in [2.05, 4.69) is 10.3 Å². The first-order valence-corrected chi connectivity index (χ1v) is 14.0. The molecule has 1 aromatic heterocycles. The summed E-state index contributed by atoms with van der Waals surface area (Å²) in [6.45, 7) is 0. The Labute approximate surface area is 238 Å². The molecular formula is C33H32ClFN2O3. The molecule has 0 saturated heterocycles. The molecule has 4 aromatic rings. The zero-order valence-electron chi connectivity index (χ0n) is 22.4. The molecule has 5 nitrogen and oxygen atoms in total. The standard InChI is InChI=1S/C33H32ClFN2O3/c1-40-32(38)19-22-4-2-21(3-5-22)18-29(33(39)37-27-13-10-25(34)11-14-27)24-8-6-23(7-9-24)28-16-17-36-31-15-12-26(35)20-30(28)31/h2-5,10-17,20,23-24,29H,6-9,18-19H2,1H3,(H,37,39)/t23-,24+,29?. The van der Waals surface area contributed by atoms with Crippen LogP contribution in [0.1, 0.15) is 48.3 Å². The first kappa shape index (κ1) is 27.8. The quantitative estimate of drug-likeness (QED) is 0.227. The fraction of sp³-hybridized carbons (Fsp3) is 0.303. The Bertz CT molecular complexity index is 1480. The second-order valence-corrected chi connectivity index (χ2v) is 11.0. The minimum Gasteiger partial charge on any atom is -0.469 e. The number of pyridine rings is 1. The summed E-state index contributed by atoms with van der Waals surface area (Å²) in [4.78, 5) is 29.7. The van der Waals surface area contributed by atoms with Gasteiger partial charge in [-0.1, -0.05) is 35.9 Å². The predicted octanol–water partition coefficient (Wildman–Crippen LogP) is 7.51. The molecule has 1 aliphatic rings. The van der Waals surface area contributed by atoms with Crippen molar-refractivity contribution < 1.29 is 18.7 Å². The van der Waals surface area contributed by atoms with Crippen LogP contribution in [-0.4, -0.2) is 24.0 Å². The van der Waals surface area contributed by atoms with Gasteiger partial charge in [0.2, 0.25) is 5.91 Å². The highest BCUT2D eigenvalue weighted by molar-refractivity contribution is 6.30. The number of anilines is 1.